The van der Waals surface area contributed by atoms with E-state index in [1.807, 2.05) is 28.6 Å². The van der Waals surface area contributed by atoms with E-state index in [4.69, 9.17) is 0 Å². The fraction of sp³-hybridized carbons (Fsp3) is 0.579. The average Bonchev–Trinajstić information content (AvgIpc) is 3.24. The molecule has 0 N–H and O–H groups in total. The van der Waals surface area contributed by atoms with Gasteiger partial charge in [0.05, 0.1) is 18.7 Å². The standard InChI is InChI=1S/C19H28N4OS/c1-3-21(4-2)9-6-17-12-22(14-18-5-8-20-23(18)13-17)19(24)11-16-7-10-25-15-16/h5,7-8,10,15,17H,3-4,6,9,11-14H2,1-2H3. The van der Waals surface area contributed by atoms with Crippen LogP contribution in [0.5, 0.6) is 0 Å². The first-order valence-electron chi connectivity index (χ1n) is 9.21. The van der Waals surface area contributed by atoms with Gasteiger partial charge in [-0.05, 0) is 60.4 Å². The van der Waals surface area contributed by atoms with Crippen molar-refractivity contribution in [1.29, 1.82) is 0 Å². The van der Waals surface area contributed by atoms with Crippen LogP contribution in [0.4, 0.5) is 0 Å². The number of carbonyl (C=O) groups is 1. The van der Waals surface area contributed by atoms with Crippen molar-refractivity contribution < 1.29 is 4.79 Å². The van der Waals surface area contributed by atoms with Crippen molar-refractivity contribution in [2.45, 2.75) is 39.8 Å². The van der Waals surface area contributed by atoms with Crippen molar-refractivity contribution in [3.05, 3.63) is 40.3 Å². The Morgan fingerprint density at radius 2 is 2.16 bits per heavy atom. The van der Waals surface area contributed by atoms with Gasteiger partial charge in [0.25, 0.3) is 0 Å². The van der Waals surface area contributed by atoms with Crippen molar-refractivity contribution in [2.75, 3.05) is 26.2 Å². The molecule has 6 heteroatoms. The van der Waals surface area contributed by atoms with E-state index in [0.717, 1.165) is 50.4 Å². The molecule has 3 rings (SSSR count). The van der Waals surface area contributed by atoms with Gasteiger partial charge in [0.1, 0.15) is 0 Å². The van der Waals surface area contributed by atoms with Crippen LogP contribution in [0.3, 0.4) is 0 Å². The molecule has 1 aliphatic rings. The molecule has 0 spiro atoms. The first kappa shape index (κ1) is 18.1. The molecule has 0 fully saturated rings. The molecule has 0 aromatic carbocycles. The molecule has 136 valence electrons. The molecule has 0 saturated carbocycles. The van der Waals surface area contributed by atoms with E-state index in [1.54, 1.807) is 11.3 Å². The Bertz CT molecular complexity index is 663. The minimum atomic E-state index is 0.223. The second kappa shape index (κ2) is 8.63. The highest BCUT2D eigenvalue weighted by Gasteiger charge is 2.25. The summed E-state index contributed by atoms with van der Waals surface area (Å²) < 4.78 is 2.09. The summed E-state index contributed by atoms with van der Waals surface area (Å²) in [5, 5.41) is 8.57. The number of nitrogens with zero attached hydrogens (tertiary/aromatic N) is 4. The summed E-state index contributed by atoms with van der Waals surface area (Å²) in [4.78, 5) is 17.3. The van der Waals surface area contributed by atoms with Crippen molar-refractivity contribution in [3.8, 4) is 0 Å². The number of rotatable bonds is 7. The van der Waals surface area contributed by atoms with Gasteiger partial charge in [0.2, 0.25) is 5.91 Å². The molecule has 2 aromatic heterocycles. The molecule has 1 amide bonds. The molecule has 1 aliphatic heterocycles. The number of hydrogen-bond acceptors (Lipinski definition) is 4. The first-order valence-corrected chi connectivity index (χ1v) is 10.2. The lowest BCUT2D eigenvalue weighted by molar-refractivity contribution is -0.131. The molecule has 2 aromatic rings. The summed E-state index contributed by atoms with van der Waals surface area (Å²) in [5.41, 5.74) is 2.26. The summed E-state index contributed by atoms with van der Waals surface area (Å²) in [6.07, 6.45) is 3.45. The lowest BCUT2D eigenvalue weighted by Crippen LogP contribution is -2.36. The normalized spacial score (nSPS) is 17.6. The molecule has 0 bridgehead atoms. The Morgan fingerprint density at radius 1 is 1.32 bits per heavy atom. The highest BCUT2D eigenvalue weighted by molar-refractivity contribution is 7.07. The topological polar surface area (TPSA) is 41.4 Å². The van der Waals surface area contributed by atoms with E-state index in [0.29, 0.717) is 18.9 Å². The molecule has 1 unspecified atom stereocenters. The van der Waals surface area contributed by atoms with Crippen LogP contribution in [0.2, 0.25) is 0 Å². The number of aromatic nitrogens is 2. The van der Waals surface area contributed by atoms with Crippen LogP contribution in [-0.2, 0) is 24.3 Å². The smallest absolute Gasteiger partial charge is 0.227 e. The maximum absolute atomic E-state index is 12.8. The number of fused-ring (bicyclic) bond motifs is 1. The van der Waals surface area contributed by atoms with Gasteiger partial charge in [-0.25, -0.2) is 0 Å². The lowest BCUT2D eigenvalue weighted by Gasteiger charge is -2.26. The number of amides is 1. The number of thiophene rings is 1. The van der Waals surface area contributed by atoms with Crippen LogP contribution in [0.1, 0.15) is 31.5 Å². The van der Waals surface area contributed by atoms with Crippen LogP contribution in [0.15, 0.2) is 29.1 Å². The zero-order valence-electron chi connectivity index (χ0n) is 15.2. The monoisotopic (exact) mass is 360 g/mol. The molecular formula is C19H28N4OS. The Labute approximate surface area is 154 Å². The van der Waals surface area contributed by atoms with E-state index in [1.165, 1.54) is 0 Å². The maximum atomic E-state index is 12.8. The fourth-order valence-electron chi connectivity index (χ4n) is 3.49. The zero-order valence-corrected chi connectivity index (χ0v) is 16.0. The molecule has 1 atom stereocenters. The van der Waals surface area contributed by atoms with Gasteiger partial charge in [-0.15, -0.1) is 0 Å². The van der Waals surface area contributed by atoms with E-state index < -0.39 is 0 Å². The third kappa shape index (κ3) is 4.70. The van der Waals surface area contributed by atoms with Gasteiger partial charge >= 0.3 is 0 Å². The average molecular weight is 361 g/mol. The predicted molar refractivity (Wildman–Crippen MR) is 102 cm³/mol. The number of carbonyl (C=O) groups excluding carboxylic acids is 1. The van der Waals surface area contributed by atoms with E-state index in [-0.39, 0.29) is 5.91 Å². The number of hydrogen-bond donors (Lipinski definition) is 0. The van der Waals surface area contributed by atoms with Gasteiger partial charge in [-0.3, -0.25) is 9.48 Å². The minimum Gasteiger partial charge on any atom is -0.336 e. The molecule has 0 aliphatic carbocycles. The summed E-state index contributed by atoms with van der Waals surface area (Å²) >= 11 is 1.65. The van der Waals surface area contributed by atoms with Gasteiger partial charge in [-0.2, -0.15) is 16.4 Å². The van der Waals surface area contributed by atoms with Crippen molar-refractivity contribution >= 4 is 17.2 Å². The fourth-order valence-corrected chi connectivity index (χ4v) is 4.16. The quantitative estimate of drug-likeness (QED) is 0.762. The third-order valence-electron chi connectivity index (χ3n) is 5.10. The van der Waals surface area contributed by atoms with E-state index in [2.05, 4.69) is 33.9 Å². The molecule has 5 nitrogen and oxygen atoms in total. The van der Waals surface area contributed by atoms with Crippen LogP contribution in [0.25, 0.3) is 0 Å². The Balaban J connectivity index is 1.68. The maximum Gasteiger partial charge on any atom is 0.227 e. The highest BCUT2D eigenvalue weighted by Crippen LogP contribution is 2.20. The summed E-state index contributed by atoms with van der Waals surface area (Å²) in [6.45, 7) is 10.1. The van der Waals surface area contributed by atoms with Gasteiger partial charge in [-0.1, -0.05) is 13.8 Å². The molecular weight excluding hydrogens is 332 g/mol. The molecule has 25 heavy (non-hydrogen) atoms. The molecule has 0 radical (unpaired) electrons. The molecule has 3 heterocycles. The summed E-state index contributed by atoms with van der Waals surface area (Å²) in [7, 11) is 0. The minimum absolute atomic E-state index is 0.223. The lowest BCUT2D eigenvalue weighted by atomic mass is 10.0. The van der Waals surface area contributed by atoms with Crippen molar-refractivity contribution in [1.82, 2.24) is 19.6 Å². The van der Waals surface area contributed by atoms with Crippen LogP contribution >= 0.6 is 11.3 Å². The van der Waals surface area contributed by atoms with Gasteiger partial charge in [0, 0.05) is 19.3 Å². The molecule has 0 saturated heterocycles. The third-order valence-corrected chi connectivity index (χ3v) is 5.84. The van der Waals surface area contributed by atoms with Gasteiger partial charge in [0.15, 0.2) is 0 Å². The Kier molecular flexibility index (Phi) is 6.26. The summed E-state index contributed by atoms with van der Waals surface area (Å²) in [6, 6.07) is 4.08. The predicted octanol–water partition coefficient (Wildman–Crippen LogP) is 2.88. The largest absolute Gasteiger partial charge is 0.336 e. The Hall–Kier alpha value is -1.66. The van der Waals surface area contributed by atoms with Crippen LogP contribution in [0, 0.1) is 5.92 Å². The Morgan fingerprint density at radius 3 is 2.88 bits per heavy atom. The first-order chi connectivity index (χ1) is 12.2. The van der Waals surface area contributed by atoms with E-state index in [9.17, 15) is 4.79 Å². The van der Waals surface area contributed by atoms with E-state index >= 15 is 0 Å². The van der Waals surface area contributed by atoms with Crippen molar-refractivity contribution in [3.63, 3.8) is 0 Å². The summed E-state index contributed by atoms with van der Waals surface area (Å²) in [5.74, 6) is 0.675. The van der Waals surface area contributed by atoms with Crippen molar-refractivity contribution in [2.24, 2.45) is 5.92 Å². The van der Waals surface area contributed by atoms with Crippen LogP contribution in [-0.4, -0.2) is 51.7 Å². The second-order valence-corrected chi connectivity index (χ2v) is 7.55. The SMILES string of the molecule is CCN(CC)CCC1CN(C(=O)Cc2ccsc2)Cc2ccnn2C1. The van der Waals surface area contributed by atoms with Crippen LogP contribution < -0.4 is 0 Å². The van der Waals surface area contributed by atoms with Gasteiger partial charge < -0.3 is 9.80 Å². The zero-order chi connectivity index (χ0) is 17.6. The second-order valence-electron chi connectivity index (χ2n) is 6.77. The highest BCUT2D eigenvalue weighted by atomic mass is 32.1.